The van der Waals surface area contributed by atoms with Crippen molar-refractivity contribution >= 4 is 21.1 Å². The number of fused-ring (bicyclic) bond motifs is 1. The Hall–Kier alpha value is -1.50. The average molecular weight is 226 g/mol. The van der Waals surface area contributed by atoms with Crippen molar-refractivity contribution in [3.05, 3.63) is 42.7 Å². The Morgan fingerprint density at radius 1 is 1.13 bits per heavy atom. The molecule has 3 N–H and O–H groups in total. The summed E-state index contributed by atoms with van der Waals surface area (Å²) in [5.41, 5.74) is 0. The molecule has 5 nitrogen and oxygen atoms in total. The lowest BCUT2D eigenvalue weighted by Gasteiger charge is -1.91. The summed E-state index contributed by atoms with van der Waals surface area (Å²) < 4.78 is 25.2. The maximum atomic E-state index is 8.97. The molecule has 2 rings (SSSR count). The molecule has 80 valence electrons. The molecule has 0 aliphatic heterocycles. The van der Waals surface area contributed by atoms with Crippen molar-refractivity contribution in [1.29, 1.82) is 0 Å². The minimum absolute atomic E-state index is 1.20. The molecule has 1 aromatic heterocycles. The van der Waals surface area contributed by atoms with Gasteiger partial charge >= 0.3 is 10.3 Å². The van der Waals surface area contributed by atoms with Crippen LogP contribution in [0.15, 0.2) is 42.7 Å². The highest BCUT2D eigenvalue weighted by Crippen LogP contribution is 2.09. The van der Waals surface area contributed by atoms with Crippen LogP contribution in [0.25, 0.3) is 10.8 Å². The smallest absolute Gasteiger partial charge is 0.274 e. The maximum absolute atomic E-state index is 8.97. The number of nitrogens with zero attached hydrogens (tertiary/aromatic N) is 1. The first-order valence-electron chi connectivity index (χ1n) is 4.01. The summed E-state index contributed by atoms with van der Waals surface area (Å²) in [5, 5.41) is 6.33. The minimum Gasteiger partial charge on any atom is -0.274 e. The number of pyridine rings is 1. The summed E-state index contributed by atoms with van der Waals surface area (Å²) in [6.07, 6.45) is 3.68. The third kappa shape index (κ3) is 5.06. The second-order valence-corrected chi connectivity index (χ2v) is 3.77. The molecule has 0 aliphatic rings. The van der Waals surface area contributed by atoms with E-state index in [0.29, 0.717) is 0 Å². The Bertz CT molecular complexity index is 466. The third-order valence-corrected chi connectivity index (χ3v) is 1.55. The lowest BCUT2D eigenvalue weighted by Crippen LogP contribution is -2.08. The molecular formula is C9H10N2O3S. The quantitative estimate of drug-likeness (QED) is 0.655. The molecule has 0 fully saturated rings. The monoisotopic (exact) mass is 226 g/mol. The fraction of sp³-hybridized carbons (Fsp3) is 0. The van der Waals surface area contributed by atoms with Crippen LogP contribution in [0.1, 0.15) is 0 Å². The molecular weight excluding hydrogens is 216 g/mol. The van der Waals surface area contributed by atoms with Gasteiger partial charge in [-0.25, -0.2) is 5.14 Å². The minimum atomic E-state index is -4.17. The second kappa shape index (κ2) is 4.83. The van der Waals surface area contributed by atoms with Gasteiger partial charge in [0, 0.05) is 12.4 Å². The van der Waals surface area contributed by atoms with E-state index < -0.39 is 10.3 Å². The molecule has 0 saturated carbocycles. The van der Waals surface area contributed by atoms with Gasteiger partial charge < -0.3 is 0 Å². The number of hydrogen-bond donors (Lipinski definition) is 2. The first-order chi connectivity index (χ1) is 6.97. The summed E-state index contributed by atoms with van der Waals surface area (Å²) in [7, 11) is -4.17. The van der Waals surface area contributed by atoms with Crippen molar-refractivity contribution in [1.82, 2.24) is 4.98 Å². The second-order valence-electron chi connectivity index (χ2n) is 2.74. The highest BCUT2D eigenvalue weighted by Gasteiger charge is 1.86. The Morgan fingerprint density at radius 2 is 1.67 bits per heavy atom. The van der Waals surface area contributed by atoms with Crippen LogP contribution in [0.4, 0.5) is 0 Å². The molecule has 0 amide bonds. The van der Waals surface area contributed by atoms with E-state index in [9.17, 15) is 0 Å². The molecule has 1 heterocycles. The summed E-state index contributed by atoms with van der Waals surface area (Å²) >= 11 is 0. The fourth-order valence-electron chi connectivity index (χ4n) is 1.03. The summed E-state index contributed by atoms with van der Waals surface area (Å²) in [6, 6.07) is 10.2. The number of hydrogen-bond acceptors (Lipinski definition) is 3. The van der Waals surface area contributed by atoms with Crippen LogP contribution in [0.2, 0.25) is 0 Å². The average Bonchev–Trinajstić information content (AvgIpc) is 2.16. The van der Waals surface area contributed by atoms with Gasteiger partial charge in [-0.1, -0.05) is 24.3 Å². The van der Waals surface area contributed by atoms with E-state index in [1.165, 1.54) is 10.8 Å². The Labute approximate surface area is 87.4 Å². The van der Waals surface area contributed by atoms with E-state index in [4.69, 9.17) is 13.0 Å². The first-order valence-corrected chi connectivity index (χ1v) is 5.51. The largest absolute Gasteiger partial charge is 0.330 e. The van der Waals surface area contributed by atoms with Crippen molar-refractivity contribution in [2.75, 3.05) is 0 Å². The maximum Gasteiger partial charge on any atom is 0.330 e. The van der Waals surface area contributed by atoms with Gasteiger partial charge in [0.2, 0.25) is 0 Å². The van der Waals surface area contributed by atoms with Gasteiger partial charge in [0.1, 0.15) is 0 Å². The topological polar surface area (TPSA) is 93.3 Å². The molecule has 2 aromatic rings. The van der Waals surface area contributed by atoms with Crippen LogP contribution < -0.4 is 5.14 Å². The van der Waals surface area contributed by atoms with Crippen LogP contribution in [-0.4, -0.2) is 18.0 Å². The Kier molecular flexibility index (Phi) is 3.73. The van der Waals surface area contributed by atoms with E-state index in [0.717, 1.165) is 0 Å². The van der Waals surface area contributed by atoms with E-state index in [-0.39, 0.29) is 0 Å². The molecule has 0 unspecified atom stereocenters. The van der Waals surface area contributed by atoms with E-state index >= 15 is 0 Å². The van der Waals surface area contributed by atoms with Crippen LogP contribution in [0, 0.1) is 0 Å². The molecule has 0 atom stereocenters. The number of aromatic nitrogens is 1. The van der Waals surface area contributed by atoms with Gasteiger partial charge in [0.25, 0.3) is 0 Å². The summed E-state index contributed by atoms with van der Waals surface area (Å²) in [4.78, 5) is 4.01. The highest BCUT2D eigenvalue weighted by molar-refractivity contribution is 7.83. The van der Waals surface area contributed by atoms with Crippen molar-refractivity contribution < 1.29 is 13.0 Å². The molecule has 0 bridgehead atoms. The molecule has 15 heavy (non-hydrogen) atoms. The van der Waals surface area contributed by atoms with E-state index in [1.54, 1.807) is 0 Å². The van der Waals surface area contributed by atoms with E-state index in [1.807, 2.05) is 30.6 Å². The van der Waals surface area contributed by atoms with Crippen LogP contribution in [-0.2, 0) is 10.3 Å². The predicted octanol–water partition coefficient (Wildman–Crippen LogP) is 0.983. The number of rotatable bonds is 0. The Morgan fingerprint density at radius 3 is 2.20 bits per heavy atom. The number of nitrogens with two attached hydrogens (primary N) is 1. The summed E-state index contributed by atoms with van der Waals surface area (Å²) in [5.74, 6) is 0. The van der Waals surface area contributed by atoms with Crippen molar-refractivity contribution in [3.63, 3.8) is 0 Å². The molecule has 0 radical (unpaired) electrons. The zero-order valence-electron chi connectivity index (χ0n) is 7.74. The van der Waals surface area contributed by atoms with Gasteiger partial charge in [-0.3, -0.25) is 9.54 Å². The fourth-order valence-corrected chi connectivity index (χ4v) is 1.03. The van der Waals surface area contributed by atoms with Gasteiger partial charge in [0.05, 0.1) is 0 Å². The SMILES string of the molecule is NS(=O)(=O)O.c1ccc2cnccc2c1. The summed E-state index contributed by atoms with van der Waals surface area (Å²) in [6.45, 7) is 0. The van der Waals surface area contributed by atoms with Crippen LogP contribution in [0.3, 0.4) is 0 Å². The van der Waals surface area contributed by atoms with Crippen LogP contribution in [0.5, 0.6) is 0 Å². The third-order valence-electron chi connectivity index (χ3n) is 1.55. The lowest BCUT2D eigenvalue weighted by molar-refractivity contribution is 0.485. The molecule has 1 aromatic carbocycles. The van der Waals surface area contributed by atoms with Gasteiger partial charge in [-0.15, -0.1) is 0 Å². The van der Waals surface area contributed by atoms with Gasteiger partial charge in [0.15, 0.2) is 0 Å². The van der Waals surface area contributed by atoms with Crippen molar-refractivity contribution in [3.8, 4) is 0 Å². The molecule has 0 aliphatic carbocycles. The van der Waals surface area contributed by atoms with Crippen molar-refractivity contribution in [2.45, 2.75) is 0 Å². The van der Waals surface area contributed by atoms with Gasteiger partial charge in [-0.2, -0.15) is 8.42 Å². The Balaban J connectivity index is 0.000000195. The van der Waals surface area contributed by atoms with Crippen molar-refractivity contribution in [2.24, 2.45) is 5.14 Å². The van der Waals surface area contributed by atoms with E-state index in [2.05, 4.69) is 22.3 Å². The zero-order chi connectivity index (χ0) is 11.3. The highest BCUT2D eigenvalue weighted by atomic mass is 32.2. The van der Waals surface area contributed by atoms with Gasteiger partial charge in [-0.05, 0) is 16.8 Å². The zero-order valence-corrected chi connectivity index (χ0v) is 8.55. The molecule has 6 heteroatoms. The molecule has 0 spiro atoms. The van der Waals surface area contributed by atoms with Crippen LogP contribution >= 0.6 is 0 Å². The molecule has 0 saturated heterocycles. The standard InChI is InChI=1S/C9H7N.H3NO3S/c1-2-4-9-7-10-6-5-8(9)3-1;1-5(2,3)4/h1-7H;(H3,1,2,3,4). The number of benzene rings is 1. The normalized spacial score (nSPS) is 10.5. The predicted molar refractivity (Wildman–Crippen MR) is 57.5 cm³/mol. The first kappa shape index (κ1) is 11.6. The lowest BCUT2D eigenvalue weighted by atomic mass is 10.2.